The van der Waals surface area contributed by atoms with Crippen molar-refractivity contribution in [2.45, 2.75) is 16.7 Å². The van der Waals surface area contributed by atoms with E-state index in [2.05, 4.69) is 0 Å². The lowest BCUT2D eigenvalue weighted by molar-refractivity contribution is -0.130. The van der Waals surface area contributed by atoms with Gasteiger partial charge in [0.15, 0.2) is 0 Å². The zero-order valence-corrected chi connectivity index (χ0v) is 21.3. The summed E-state index contributed by atoms with van der Waals surface area (Å²) in [5.41, 5.74) is 0.699. The highest BCUT2D eigenvalue weighted by Crippen LogP contribution is 2.26. The largest absolute Gasteiger partial charge is 0.338 e. The van der Waals surface area contributed by atoms with Crippen molar-refractivity contribution in [1.82, 2.24) is 9.21 Å². The third-order valence-corrected chi connectivity index (χ3v) is 9.67. The standard InChI is InChI=1S/C25H26FN3O5S2/c1-20-11-13-22(14-12-20)35(31,32)28-17-15-27(16-18-28)25(30)19-29(24-10-6-5-9-23(24)26)36(33,34)21-7-3-2-4-8-21/h2-14H,15-19H2,1H3. The minimum atomic E-state index is -4.24. The number of piperazine rings is 1. The van der Waals surface area contributed by atoms with E-state index in [1.165, 1.54) is 39.5 Å². The second kappa shape index (κ2) is 10.4. The molecule has 1 aliphatic rings. The molecule has 3 aromatic carbocycles. The Balaban J connectivity index is 1.52. The molecule has 0 spiro atoms. The molecule has 0 N–H and O–H groups in total. The highest BCUT2D eigenvalue weighted by Gasteiger charge is 2.34. The van der Waals surface area contributed by atoms with E-state index in [0.717, 1.165) is 15.9 Å². The number of rotatable bonds is 7. The first kappa shape index (κ1) is 25.8. The van der Waals surface area contributed by atoms with Gasteiger partial charge in [-0.25, -0.2) is 21.2 Å². The van der Waals surface area contributed by atoms with E-state index in [0.29, 0.717) is 0 Å². The normalized spacial score (nSPS) is 15.0. The Morgan fingerprint density at radius 1 is 0.806 bits per heavy atom. The minimum Gasteiger partial charge on any atom is -0.338 e. The van der Waals surface area contributed by atoms with Gasteiger partial charge in [-0.2, -0.15) is 4.31 Å². The van der Waals surface area contributed by atoms with Gasteiger partial charge in [-0.15, -0.1) is 0 Å². The molecule has 0 atom stereocenters. The first-order valence-corrected chi connectivity index (χ1v) is 14.2. The van der Waals surface area contributed by atoms with Crippen molar-refractivity contribution in [1.29, 1.82) is 0 Å². The van der Waals surface area contributed by atoms with Gasteiger partial charge in [0, 0.05) is 26.2 Å². The maximum atomic E-state index is 14.6. The minimum absolute atomic E-state index is 0.0626. The number of anilines is 1. The number of carbonyl (C=O) groups excluding carboxylic acids is 1. The van der Waals surface area contributed by atoms with Crippen LogP contribution in [0.5, 0.6) is 0 Å². The van der Waals surface area contributed by atoms with Gasteiger partial charge in [0.05, 0.1) is 15.5 Å². The van der Waals surface area contributed by atoms with Crippen LogP contribution in [0.2, 0.25) is 0 Å². The number of aryl methyl sites for hydroxylation is 1. The summed E-state index contributed by atoms with van der Waals surface area (Å²) in [6, 6.07) is 19.4. The molecule has 0 unspecified atom stereocenters. The van der Waals surface area contributed by atoms with Crippen LogP contribution in [0.15, 0.2) is 88.7 Å². The van der Waals surface area contributed by atoms with Crippen molar-refractivity contribution < 1.29 is 26.0 Å². The SMILES string of the molecule is Cc1ccc(S(=O)(=O)N2CCN(C(=O)CN(c3ccccc3F)S(=O)(=O)c3ccccc3)CC2)cc1. The lowest BCUT2D eigenvalue weighted by Gasteiger charge is -2.35. The van der Waals surface area contributed by atoms with Gasteiger partial charge in [0.25, 0.3) is 10.0 Å². The van der Waals surface area contributed by atoms with E-state index in [9.17, 15) is 26.0 Å². The van der Waals surface area contributed by atoms with Gasteiger partial charge in [-0.05, 0) is 43.3 Å². The average molecular weight is 532 g/mol. The Hall–Kier alpha value is -3.28. The summed E-state index contributed by atoms with van der Waals surface area (Å²) in [7, 11) is -7.96. The summed E-state index contributed by atoms with van der Waals surface area (Å²) < 4.78 is 69.4. The Bertz CT molecular complexity index is 1440. The molecule has 0 radical (unpaired) electrons. The second-order valence-electron chi connectivity index (χ2n) is 8.37. The summed E-state index contributed by atoms with van der Waals surface area (Å²) >= 11 is 0. The number of carbonyl (C=O) groups is 1. The summed E-state index contributed by atoms with van der Waals surface area (Å²) in [5.74, 6) is -1.33. The van der Waals surface area contributed by atoms with E-state index in [4.69, 9.17) is 0 Å². The third kappa shape index (κ3) is 5.28. The first-order valence-electron chi connectivity index (χ1n) is 11.3. The molecular weight excluding hydrogens is 505 g/mol. The van der Waals surface area contributed by atoms with Gasteiger partial charge in [0.1, 0.15) is 12.4 Å². The van der Waals surface area contributed by atoms with Gasteiger partial charge < -0.3 is 4.90 Å². The van der Waals surface area contributed by atoms with Gasteiger partial charge >= 0.3 is 0 Å². The Kier molecular flexibility index (Phi) is 7.43. The number of benzene rings is 3. The number of halogens is 1. The number of sulfonamides is 2. The van der Waals surface area contributed by atoms with Crippen molar-refractivity contribution in [3.8, 4) is 0 Å². The van der Waals surface area contributed by atoms with Crippen LogP contribution in [-0.4, -0.2) is 64.7 Å². The van der Waals surface area contributed by atoms with Gasteiger partial charge in [-0.1, -0.05) is 48.0 Å². The molecule has 8 nitrogen and oxygen atoms in total. The van der Waals surface area contributed by atoms with E-state index in [-0.39, 0.29) is 41.7 Å². The van der Waals surface area contributed by atoms with Crippen LogP contribution in [0.3, 0.4) is 0 Å². The lowest BCUT2D eigenvalue weighted by Crippen LogP contribution is -2.53. The Labute approximate surface area is 210 Å². The number of amides is 1. The van der Waals surface area contributed by atoms with Crippen molar-refractivity contribution in [3.05, 3.63) is 90.2 Å². The molecule has 1 aliphatic heterocycles. The number of hydrogen-bond acceptors (Lipinski definition) is 5. The predicted molar refractivity (Wildman–Crippen MR) is 134 cm³/mol. The molecule has 0 bridgehead atoms. The molecule has 36 heavy (non-hydrogen) atoms. The Morgan fingerprint density at radius 2 is 1.39 bits per heavy atom. The van der Waals surface area contributed by atoms with Crippen LogP contribution in [0, 0.1) is 12.7 Å². The van der Waals surface area contributed by atoms with Gasteiger partial charge in [0.2, 0.25) is 15.9 Å². The molecule has 4 rings (SSSR count). The molecule has 190 valence electrons. The molecule has 0 aromatic heterocycles. The lowest BCUT2D eigenvalue weighted by atomic mass is 10.2. The quantitative estimate of drug-likeness (QED) is 0.467. The highest BCUT2D eigenvalue weighted by atomic mass is 32.2. The summed E-state index contributed by atoms with van der Waals surface area (Å²) in [5, 5.41) is 0. The van der Waals surface area contributed by atoms with Crippen LogP contribution in [0.4, 0.5) is 10.1 Å². The van der Waals surface area contributed by atoms with Gasteiger partial charge in [-0.3, -0.25) is 9.10 Å². The maximum Gasteiger partial charge on any atom is 0.264 e. The summed E-state index contributed by atoms with van der Waals surface area (Å²) in [6.07, 6.45) is 0. The zero-order valence-electron chi connectivity index (χ0n) is 19.6. The average Bonchev–Trinajstić information content (AvgIpc) is 2.88. The fraction of sp³-hybridized carbons (Fsp3) is 0.240. The topological polar surface area (TPSA) is 95.1 Å². The van der Waals surface area contributed by atoms with Crippen molar-refractivity contribution >= 4 is 31.6 Å². The van der Waals surface area contributed by atoms with E-state index in [1.807, 2.05) is 6.92 Å². The molecule has 3 aromatic rings. The predicted octanol–water partition coefficient (Wildman–Crippen LogP) is 2.86. The molecule has 0 aliphatic carbocycles. The number of hydrogen-bond donors (Lipinski definition) is 0. The molecule has 1 heterocycles. The second-order valence-corrected chi connectivity index (χ2v) is 12.2. The maximum absolute atomic E-state index is 14.6. The molecular formula is C25H26FN3O5S2. The molecule has 1 saturated heterocycles. The Morgan fingerprint density at radius 3 is 2.00 bits per heavy atom. The zero-order chi connectivity index (χ0) is 25.9. The van der Waals surface area contributed by atoms with Crippen molar-refractivity contribution in [2.24, 2.45) is 0 Å². The monoisotopic (exact) mass is 531 g/mol. The highest BCUT2D eigenvalue weighted by molar-refractivity contribution is 7.92. The first-order chi connectivity index (χ1) is 17.1. The van der Waals surface area contributed by atoms with E-state index < -0.39 is 38.3 Å². The number of nitrogens with zero attached hydrogens (tertiary/aromatic N) is 3. The fourth-order valence-corrected chi connectivity index (χ4v) is 6.80. The van der Waals surface area contributed by atoms with Crippen LogP contribution >= 0.6 is 0 Å². The fourth-order valence-electron chi connectivity index (χ4n) is 3.93. The smallest absolute Gasteiger partial charge is 0.264 e. The van der Waals surface area contributed by atoms with Crippen molar-refractivity contribution in [3.63, 3.8) is 0 Å². The van der Waals surface area contributed by atoms with Crippen molar-refractivity contribution in [2.75, 3.05) is 37.0 Å². The van der Waals surface area contributed by atoms with Crippen LogP contribution in [-0.2, 0) is 24.8 Å². The van der Waals surface area contributed by atoms with Crippen LogP contribution in [0.25, 0.3) is 0 Å². The third-order valence-electron chi connectivity index (χ3n) is 5.98. The van der Waals surface area contributed by atoms with E-state index >= 15 is 0 Å². The number of para-hydroxylation sites is 1. The molecule has 11 heteroatoms. The molecule has 1 amide bonds. The summed E-state index contributed by atoms with van der Waals surface area (Å²) in [4.78, 5) is 14.7. The molecule has 0 saturated carbocycles. The molecule has 1 fully saturated rings. The summed E-state index contributed by atoms with van der Waals surface area (Å²) in [6.45, 7) is 1.53. The van der Waals surface area contributed by atoms with E-state index in [1.54, 1.807) is 42.5 Å². The van der Waals surface area contributed by atoms with Crippen LogP contribution < -0.4 is 4.31 Å². The van der Waals surface area contributed by atoms with Crippen LogP contribution in [0.1, 0.15) is 5.56 Å².